The van der Waals surface area contributed by atoms with Crippen molar-refractivity contribution in [3.8, 4) is 11.3 Å². The predicted molar refractivity (Wildman–Crippen MR) is 141 cm³/mol. The van der Waals surface area contributed by atoms with Crippen LogP contribution in [0.1, 0.15) is 68.6 Å². The van der Waals surface area contributed by atoms with Gasteiger partial charge in [0.05, 0.1) is 12.2 Å². The van der Waals surface area contributed by atoms with Gasteiger partial charge in [-0.15, -0.1) is 0 Å². The molecule has 0 saturated carbocycles. The van der Waals surface area contributed by atoms with Gasteiger partial charge >= 0.3 is 0 Å². The topological polar surface area (TPSA) is 78.3 Å². The van der Waals surface area contributed by atoms with Gasteiger partial charge in [-0.05, 0) is 79.5 Å². The molecule has 0 bridgehead atoms. The number of carbonyl (C=O) groups excluding carboxylic acids is 1. The first-order valence-electron chi connectivity index (χ1n) is 12.9. The molecular weight excluding hydrogens is 436 g/mol. The van der Waals surface area contributed by atoms with E-state index in [-0.39, 0.29) is 5.91 Å². The summed E-state index contributed by atoms with van der Waals surface area (Å²) in [6.45, 7) is 11.7. The van der Waals surface area contributed by atoms with Crippen LogP contribution in [0.4, 0.5) is 0 Å². The van der Waals surface area contributed by atoms with Crippen molar-refractivity contribution in [3.63, 3.8) is 0 Å². The van der Waals surface area contributed by atoms with Gasteiger partial charge in [-0.3, -0.25) is 4.79 Å². The maximum Gasteiger partial charge on any atom is 0.236 e. The average Bonchev–Trinajstić information content (AvgIpc) is 3.49. The summed E-state index contributed by atoms with van der Waals surface area (Å²) in [6, 6.07) is 9.08. The number of hydrogen-bond acceptors (Lipinski definition) is 4. The molecule has 5 rings (SSSR count). The normalized spacial score (nSPS) is 15.1. The molecule has 4 heterocycles. The van der Waals surface area contributed by atoms with Crippen molar-refractivity contribution in [2.75, 3.05) is 26.2 Å². The minimum Gasteiger partial charge on any atom is -0.354 e. The van der Waals surface area contributed by atoms with E-state index in [1.54, 1.807) is 6.33 Å². The number of fused-ring (bicyclic) bond motifs is 2. The van der Waals surface area contributed by atoms with Crippen molar-refractivity contribution >= 4 is 22.5 Å². The third kappa shape index (κ3) is 4.57. The molecule has 3 aromatic heterocycles. The molecular formula is C28H36N6O. The zero-order valence-electron chi connectivity index (χ0n) is 21.3. The van der Waals surface area contributed by atoms with E-state index in [0.717, 1.165) is 61.4 Å². The van der Waals surface area contributed by atoms with Gasteiger partial charge in [0, 0.05) is 35.8 Å². The Bertz CT molecular complexity index is 1340. The summed E-state index contributed by atoms with van der Waals surface area (Å²) in [4.78, 5) is 22.6. The number of benzene rings is 1. The number of aromatic amines is 1. The Morgan fingerprint density at radius 3 is 2.77 bits per heavy atom. The third-order valence-electron chi connectivity index (χ3n) is 7.31. The first-order chi connectivity index (χ1) is 17.0. The predicted octanol–water partition coefficient (Wildman–Crippen LogP) is 5.02. The number of H-pyrrole nitrogens is 1. The standard InChI is InChI=1S/C28H36N6O/c1-5-10-29-15-25(35)33-11-8-20(9-12-33)21-6-7-24-23(14-21)26(18(2)3)27(32-24)22-13-19(4)28-30-17-31-34(28)16-22/h6-7,13-14,16-18,20,29,32H,5,8-12,15H2,1-4H3. The van der Waals surface area contributed by atoms with E-state index in [2.05, 4.69) is 78.5 Å². The molecule has 7 nitrogen and oxygen atoms in total. The highest BCUT2D eigenvalue weighted by Gasteiger charge is 2.25. The number of likely N-dealkylation sites (tertiary alicyclic amines) is 1. The quantitative estimate of drug-likeness (QED) is 0.371. The summed E-state index contributed by atoms with van der Waals surface area (Å²) >= 11 is 0. The Labute approximate surface area is 206 Å². The molecule has 0 atom stereocenters. The minimum absolute atomic E-state index is 0.226. The smallest absolute Gasteiger partial charge is 0.236 e. The molecule has 184 valence electrons. The number of hydrogen-bond donors (Lipinski definition) is 2. The van der Waals surface area contributed by atoms with E-state index in [4.69, 9.17) is 0 Å². The van der Waals surface area contributed by atoms with E-state index in [1.807, 2.05) is 9.42 Å². The molecule has 0 unspecified atom stereocenters. The van der Waals surface area contributed by atoms with E-state index in [0.29, 0.717) is 18.4 Å². The Balaban J connectivity index is 1.41. The van der Waals surface area contributed by atoms with Crippen molar-refractivity contribution in [2.24, 2.45) is 0 Å². The summed E-state index contributed by atoms with van der Waals surface area (Å²) in [5.74, 6) is 1.08. The monoisotopic (exact) mass is 472 g/mol. The van der Waals surface area contributed by atoms with E-state index in [9.17, 15) is 4.79 Å². The summed E-state index contributed by atoms with van der Waals surface area (Å²) < 4.78 is 1.86. The Kier molecular flexibility index (Phi) is 6.60. The summed E-state index contributed by atoms with van der Waals surface area (Å²) in [7, 11) is 0. The third-order valence-corrected chi connectivity index (χ3v) is 7.31. The highest BCUT2D eigenvalue weighted by molar-refractivity contribution is 5.92. The fourth-order valence-electron chi connectivity index (χ4n) is 5.49. The molecule has 7 heteroatoms. The van der Waals surface area contributed by atoms with Gasteiger partial charge in [0.25, 0.3) is 0 Å². The van der Waals surface area contributed by atoms with Gasteiger partial charge < -0.3 is 15.2 Å². The van der Waals surface area contributed by atoms with Crippen LogP contribution in [0.25, 0.3) is 27.8 Å². The maximum absolute atomic E-state index is 12.5. The molecule has 35 heavy (non-hydrogen) atoms. The highest BCUT2D eigenvalue weighted by Crippen LogP contribution is 2.38. The summed E-state index contributed by atoms with van der Waals surface area (Å²) in [5.41, 5.74) is 8.18. The van der Waals surface area contributed by atoms with Gasteiger partial charge in [-0.2, -0.15) is 5.10 Å². The fourth-order valence-corrected chi connectivity index (χ4v) is 5.49. The molecule has 1 fully saturated rings. The average molecular weight is 473 g/mol. The summed E-state index contributed by atoms with van der Waals surface area (Å²) in [6.07, 6.45) is 6.75. The lowest BCUT2D eigenvalue weighted by atomic mass is 9.87. The van der Waals surface area contributed by atoms with Crippen molar-refractivity contribution in [1.82, 2.24) is 29.8 Å². The van der Waals surface area contributed by atoms with Crippen LogP contribution in [0.5, 0.6) is 0 Å². The number of rotatable bonds is 7. The zero-order chi connectivity index (χ0) is 24.5. The second kappa shape index (κ2) is 9.82. The number of nitrogens with zero attached hydrogens (tertiary/aromatic N) is 4. The molecule has 4 aromatic rings. The molecule has 0 radical (unpaired) electrons. The lowest BCUT2D eigenvalue weighted by Gasteiger charge is -2.32. The van der Waals surface area contributed by atoms with E-state index < -0.39 is 0 Å². The number of piperidine rings is 1. The van der Waals surface area contributed by atoms with E-state index >= 15 is 0 Å². The molecule has 0 spiro atoms. The fraction of sp³-hybridized carbons (Fsp3) is 0.464. The molecule has 1 saturated heterocycles. The molecule has 1 aliphatic heterocycles. The van der Waals surface area contributed by atoms with Crippen LogP contribution in [0.15, 0.2) is 36.8 Å². The van der Waals surface area contributed by atoms with Crippen molar-refractivity contribution in [3.05, 3.63) is 53.5 Å². The SMILES string of the molecule is CCCNCC(=O)N1CCC(c2ccc3[nH]c(-c4cc(C)c5ncnn5c4)c(C(C)C)c3c2)CC1. The van der Waals surface area contributed by atoms with Crippen LogP contribution < -0.4 is 5.32 Å². The van der Waals surface area contributed by atoms with Crippen LogP contribution in [0.3, 0.4) is 0 Å². The van der Waals surface area contributed by atoms with E-state index in [1.165, 1.54) is 22.0 Å². The number of pyridine rings is 1. The number of carbonyl (C=O) groups is 1. The van der Waals surface area contributed by atoms with Crippen molar-refractivity contribution < 1.29 is 4.79 Å². The van der Waals surface area contributed by atoms with Gasteiger partial charge in [-0.25, -0.2) is 9.50 Å². The molecule has 1 amide bonds. The molecule has 0 aliphatic carbocycles. The van der Waals surface area contributed by atoms with Gasteiger partial charge in [0.2, 0.25) is 5.91 Å². The number of aromatic nitrogens is 4. The minimum atomic E-state index is 0.226. The lowest BCUT2D eigenvalue weighted by Crippen LogP contribution is -2.42. The number of aryl methyl sites for hydroxylation is 1. The van der Waals surface area contributed by atoms with Crippen LogP contribution in [0, 0.1) is 6.92 Å². The van der Waals surface area contributed by atoms with Crippen LogP contribution in [-0.4, -0.2) is 56.6 Å². The Hall–Kier alpha value is -3.19. The van der Waals surface area contributed by atoms with Crippen molar-refractivity contribution in [1.29, 1.82) is 0 Å². The van der Waals surface area contributed by atoms with Crippen LogP contribution in [0.2, 0.25) is 0 Å². The zero-order valence-corrected chi connectivity index (χ0v) is 21.3. The first kappa shape index (κ1) is 23.5. The summed E-state index contributed by atoms with van der Waals surface area (Å²) in [5, 5.41) is 8.90. The second-order valence-electron chi connectivity index (χ2n) is 10.1. The number of amides is 1. The van der Waals surface area contributed by atoms with Gasteiger partial charge in [0.1, 0.15) is 6.33 Å². The number of nitrogens with one attached hydrogen (secondary N) is 2. The first-order valence-corrected chi connectivity index (χ1v) is 12.9. The highest BCUT2D eigenvalue weighted by atomic mass is 16.2. The second-order valence-corrected chi connectivity index (χ2v) is 10.1. The Morgan fingerprint density at radius 2 is 2.03 bits per heavy atom. The van der Waals surface area contributed by atoms with Crippen LogP contribution >= 0.6 is 0 Å². The lowest BCUT2D eigenvalue weighted by molar-refractivity contribution is -0.131. The molecule has 2 N–H and O–H groups in total. The molecule has 1 aliphatic rings. The molecule has 1 aromatic carbocycles. The van der Waals surface area contributed by atoms with Crippen molar-refractivity contribution in [2.45, 2.75) is 58.8 Å². The Morgan fingerprint density at radius 1 is 1.23 bits per heavy atom. The van der Waals surface area contributed by atoms with Crippen LogP contribution in [-0.2, 0) is 4.79 Å². The largest absolute Gasteiger partial charge is 0.354 e. The van der Waals surface area contributed by atoms with Gasteiger partial charge in [-0.1, -0.05) is 26.8 Å². The van der Waals surface area contributed by atoms with Gasteiger partial charge in [0.15, 0.2) is 5.65 Å². The maximum atomic E-state index is 12.5.